The van der Waals surface area contributed by atoms with Crippen molar-refractivity contribution in [3.8, 4) is 11.1 Å². The molecule has 0 spiro atoms. The molecule has 0 amide bonds. The maximum atomic E-state index is 13.3. The van der Waals surface area contributed by atoms with Crippen LogP contribution in [0.3, 0.4) is 0 Å². The number of rotatable bonds is 4. The number of Topliss-reactive ketones (excluding diaryl/α,β-unsaturated/α-hetero) is 1. The van der Waals surface area contributed by atoms with Gasteiger partial charge in [-0.25, -0.2) is 0 Å². The van der Waals surface area contributed by atoms with Gasteiger partial charge in [-0.1, -0.05) is 18.2 Å². The third-order valence-electron chi connectivity index (χ3n) is 6.88. The Balaban J connectivity index is 1.23. The minimum atomic E-state index is -0.653. The minimum Gasteiger partial charge on any atom is -0.0621 e. The molecule has 0 fully saturated rings. The fourth-order valence-corrected chi connectivity index (χ4v) is 7.68. The number of benzene rings is 4. The minimum absolute atomic E-state index is 0.0904. The van der Waals surface area contributed by atoms with Crippen LogP contribution in [0.15, 0.2) is 102 Å². The molecule has 0 saturated carbocycles. The Morgan fingerprint density at radius 1 is 0.838 bits per heavy atom. The number of nitrogens with zero attached hydrogens (tertiary/aromatic N) is 1. The number of aryl methyl sites for hydroxylation is 1. The Labute approximate surface area is 229 Å². The number of ketones is 1. The molecule has 0 radical (unpaired) electrons. The Bertz CT molecular complexity index is 1650. The molecule has 182 valence electrons. The normalized spacial score (nSPS) is 15.6. The molecule has 1 atom stereocenters. The van der Waals surface area contributed by atoms with Gasteiger partial charge < -0.3 is 0 Å². The van der Waals surface area contributed by atoms with Crippen molar-refractivity contribution < 1.29 is 21.3 Å². The number of aliphatic imine (C=N–C) groups is 1. The van der Waals surface area contributed by atoms with Gasteiger partial charge >= 0.3 is 194 Å². The van der Waals surface area contributed by atoms with E-state index in [1.165, 1.54) is 11.1 Å². The molecule has 5 heteroatoms. The molecule has 4 aromatic rings. The van der Waals surface area contributed by atoms with Crippen molar-refractivity contribution in [1.82, 2.24) is 0 Å². The van der Waals surface area contributed by atoms with Crippen LogP contribution >= 0.6 is 12.2 Å². The van der Waals surface area contributed by atoms with Crippen molar-refractivity contribution in [1.29, 1.82) is 0 Å². The molecule has 2 aliphatic carbocycles. The number of thiocarbonyl (C=S) groups is 1. The summed E-state index contributed by atoms with van der Waals surface area (Å²) in [4.78, 5) is 18.5. The van der Waals surface area contributed by atoms with Gasteiger partial charge in [0.15, 0.2) is 0 Å². The molecule has 0 aromatic heterocycles. The molecule has 1 N–H and O–H groups in total. The molecule has 0 heterocycles. The summed E-state index contributed by atoms with van der Waals surface area (Å²) in [6, 6.07) is 32.8. The van der Waals surface area contributed by atoms with Crippen molar-refractivity contribution >= 4 is 42.8 Å². The van der Waals surface area contributed by atoms with E-state index < -0.39 is 16.5 Å². The second-order valence-corrected chi connectivity index (χ2v) is 12.4. The fraction of sp³-hybridized carbons (Fsp3) is 0.125. The number of hydrogen-bond donors (Lipinski definition) is 1. The van der Waals surface area contributed by atoms with Gasteiger partial charge in [0.1, 0.15) is 0 Å². The van der Waals surface area contributed by atoms with Crippen LogP contribution in [-0.2, 0) is 29.3 Å². The topological polar surface area (TPSA) is 41.5 Å². The molecule has 0 bridgehead atoms. The van der Waals surface area contributed by atoms with Gasteiger partial charge in [0.05, 0.1) is 0 Å². The van der Waals surface area contributed by atoms with Crippen molar-refractivity contribution in [3.63, 3.8) is 0 Å². The van der Waals surface area contributed by atoms with E-state index in [9.17, 15) is 4.79 Å². The van der Waals surface area contributed by atoms with Crippen LogP contribution in [0, 0.1) is 5.92 Å². The Hall–Kier alpha value is -3.47. The first-order valence-electron chi connectivity index (χ1n) is 12.3. The Kier molecular flexibility index (Phi) is 6.77. The number of fused-ring (bicyclic) bond motifs is 2. The zero-order chi connectivity index (χ0) is 25.2. The third-order valence-corrected chi connectivity index (χ3v) is 9.92. The zero-order valence-corrected chi connectivity index (χ0v) is 23.4. The molecule has 3 nitrogen and oxygen atoms in total. The number of anilines is 1. The van der Waals surface area contributed by atoms with Crippen LogP contribution in [0.5, 0.6) is 0 Å². The van der Waals surface area contributed by atoms with E-state index in [-0.39, 0.29) is 11.7 Å². The number of carbonyl (C=O) groups excluding carboxylic acids is 1. The molecule has 37 heavy (non-hydrogen) atoms. The first-order chi connectivity index (χ1) is 18.2. The molecular formula is C32H24N2OOsS. The van der Waals surface area contributed by atoms with E-state index in [2.05, 4.69) is 63.2 Å². The quantitative estimate of drug-likeness (QED) is 0.189. The van der Waals surface area contributed by atoms with Gasteiger partial charge in [-0.3, -0.25) is 0 Å². The average Bonchev–Trinajstić information content (AvgIpc) is 3.50. The summed E-state index contributed by atoms with van der Waals surface area (Å²) in [5.74, 6) is -0.234. The SMILES string of the molecule is O=C1c2cc(-c3cccc(N=[C]=[Os]=[C]4CCc5ccccc54)c3)ccc2CC1C(=S)Nc1ccccc1. The first kappa shape index (κ1) is 23.9. The van der Waals surface area contributed by atoms with Gasteiger partial charge in [0.2, 0.25) is 0 Å². The smallest absolute Gasteiger partial charge is 0.0621 e. The summed E-state index contributed by atoms with van der Waals surface area (Å²) in [7, 11) is 0. The average molecular weight is 675 g/mol. The van der Waals surface area contributed by atoms with E-state index in [1.807, 2.05) is 48.5 Å². The number of para-hydroxylation sites is 1. The van der Waals surface area contributed by atoms with Crippen molar-refractivity contribution in [3.05, 3.63) is 119 Å². The van der Waals surface area contributed by atoms with E-state index >= 15 is 0 Å². The zero-order valence-electron chi connectivity index (χ0n) is 20.1. The van der Waals surface area contributed by atoms with Crippen LogP contribution in [0.25, 0.3) is 11.1 Å². The predicted molar refractivity (Wildman–Crippen MR) is 152 cm³/mol. The van der Waals surface area contributed by atoms with E-state index in [1.54, 1.807) is 4.07 Å². The molecule has 6 rings (SSSR count). The molecule has 0 saturated heterocycles. The molecule has 4 aromatic carbocycles. The van der Waals surface area contributed by atoms with Crippen LogP contribution in [0.4, 0.5) is 11.4 Å². The standard InChI is InChI=1S/C23H16N2OS.C9H8.Os/c1-24-19-9-5-6-15(12-19)16-10-11-17-14-21(22(26)20(17)13-16)23(27)25-18-7-3-2-4-8-18;1-2-5-9-7-3-6-8(9)4-1;/h2-13,21H,14H2,(H,25,27);1-2,4-5H,3,6H2;. The van der Waals surface area contributed by atoms with E-state index in [0.717, 1.165) is 46.5 Å². The number of nitrogens with one attached hydrogen (secondary N) is 1. The second-order valence-electron chi connectivity index (χ2n) is 9.23. The van der Waals surface area contributed by atoms with Gasteiger partial charge in [-0.15, -0.1) is 0 Å². The Morgan fingerprint density at radius 3 is 2.54 bits per heavy atom. The molecular weight excluding hydrogens is 651 g/mol. The van der Waals surface area contributed by atoms with E-state index in [0.29, 0.717) is 11.4 Å². The van der Waals surface area contributed by atoms with Crippen molar-refractivity contribution in [2.45, 2.75) is 19.3 Å². The monoisotopic (exact) mass is 676 g/mol. The third kappa shape index (κ3) is 5.04. The molecule has 0 aliphatic heterocycles. The van der Waals surface area contributed by atoms with Crippen LogP contribution in [0.1, 0.15) is 33.5 Å². The summed E-state index contributed by atoms with van der Waals surface area (Å²) in [5.41, 5.74) is 8.57. The van der Waals surface area contributed by atoms with Gasteiger partial charge in [-0.2, -0.15) is 0 Å². The maximum absolute atomic E-state index is 13.3. The van der Waals surface area contributed by atoms with Gasteiger partial charge in [0, 0.05) is 5.69 Å². The fourth-order valence-electron chi connectivity index (χ4n) is 4.96. The summed E-state index contributed by atoms with van der Waals surface area (Å²) in [6.07, 6.45) is 2.92. The molecule has 2 aliphatic rings. The van der Waals surface area contributed by atoms with E-state index in [4.69, 9.17) is 12.2 Å². The summed E-state index contributed by atoms with van der Waals surface area (Å²) in [6.45, 7) is 0. The Morgan fingerprint density at radius 2 is 1.65 bits per heavy atom. The summed E-state index contributed by atoms with van der Waals surface area (Å²) >= 11 is 4.96. The van der Waals surface area contributed by atoms with Crippen LogP contribution < -0.4 is 5.32 Å². The van der Waals surface area contributed by atoms with Crippen LogP contribution in [0.2, 0.25) is 0 Å². The second kappa shape index (κ2) is 10.5. The number of carbonyl (C=O) groups is 1. The molecule has 1 unspecified atom stereocenters. The first-order valence-corrected chi connectivity index (χ1v) is 15.3. The van der Waals surface area contributed by atoms with Gasteiger partial charge in [-0.05, 0) is 12.1 Å². The number of hydrogen-bond acceptors (Lipinski definition) is 3. The summed E-state index contributed by atoms with van der Waals surface area (Å²) in [5, 5.41) is 3.24. The van der Waals surface area contributed by atoms with Crippen LogP contribution in [-0.4, -0.2) is 19.2 Å². The van der Waals surface area contributed by atoms with Gasteiger partial charge in [0.25, 0.3) is 0 Å². The predicted octanol–water partition coefficient (Wildman–Crippen LogP) is 6.93. The summed E-state index contributed by atoms with van der Waals surface area (Å²) < 4.78 is 4.94. The van der Waals surface area contributed by atoms with Crippen molar-refractivity contribution in [2.75, 3.05) is 5.32 Å². The van der Waals surface area contributed by atoms with Crippen molar-refractivity contribution in [2.24, 2.45) is 10.9 Å².